The maximum absolute atomic E-state index is 12.0. The average molecular weight is 248 g/mol. The summed E-state index contributed by atoms with van der Waals surface area (Å²) in [5, 5.41) is 2.45. The molecule has 1 aliphatic heterocycles. The molecule has 3 nitrogen and oxygen atoms in total. The molecule has 1 amide bonds. The van der Waals surface area contributed by atoms with E-state index in [4.69, 9.17) is 0 Å². The van der Waals surface area contributed by atoms with E-state index in [1.807, 2.05) is 0 Å². The van der Waals surface area contributed by atoms with E-state index in [0.717, 1.165) is 0 Å². The summed E-state index contributed by atoms with van der Waals surface area (Å²) in [6.45, 7) is -4.19. The van der Waals surface area contributed by atoms with Crippen molar-refractivity contribution in [3.05, 3.63) is 0 Å². The molecule has 1 heterocycles. The summed E-state index contributed by atoms with van der Waals surface area (Å²) in [7, 11) is 1.50. The summed E-state index contributed by atoms with van der Waals surface area (Å²) in [5.74, 6) is -0.444. The van der Waals surface area contributed by atoms with E-state index in [2.05, 4.69) is 5.32 Å². The SMILES string of the molecule is CNC(=O)C1CCN(C[B-](F)(F)F)C1.[K+]. The minimum absolute atomic E-state index is 0. The summed E-state index contributed by atoms with van der Waals surface area (Å²) in [5.41, 5.74) is 0. The predicted octanol–water partition coefficient (Wildman–Crippen LogP) is -2.56. The van der Waals surface area contributed by atoms with Gasteiger partial charge in [0.25, 0.3) is 0 Å². The number of carbonyl (C=O) groups is 1. The van der Waals surface area contributed by atoms with Crippen molar-refractivity contribution in [3.63, 3.8) is 0 Å². The number of likely N-dealkylation sites (tertiary alicyclic amines) is 1. The number of nitrogens with zero attached hydrogens (tertiary/aromatic N) is 1. The number of halogens is 3. The molecule has 15 heavy (non-hydrogen) atoms. The van der Waals surface area contributed by atoms with Crippen LogP contribution >= 0.6 is 0 Å². The number of rotatable bonds is 3. The van der Waals surface area contributed by atoms with Crippen molar-refractivity contribution in [2.45, 2.75) is 6.42 Å². The van der Waals surface area contributed by atoms with Gasteiger partial charge in [0.1, 0.15) is 0 Å². The Morgan fingerprint density at radius 2 is 2.13 bits per heavy atom. The molecule has 1 unspecified atom stereocenters. The minimum Gasteiger partial charge on any atom is -0.448 e. The Bertz CT molecular complexity index is 227. The number of nitrogens with one attached hydrogen (secondary N) is 1. The van der Waals surface area contributed by atoms with Crippen LogP contribution in [0.25, 0.3) is 0 Å². The molecular formula is C7H13BF3KN2O. The number of amides is 1. The minimum atomic E-state index is -4.77. The second kappa shape index (κ2) is 6.61. The van der Waals surface area contributed by atoms with Crippen LogP contribution in [0.15, 0.2) is 0 Å². The predicted molar refractivity (Wildman–Crippen MR) is 47.7 cm³/mol. The molecular weight excluding hydrogens is 235 g/mol. The number of hydrogen-bond acceptors (Lipinski definition) is 2. The van der Waals surface area contributed by atoms with Crippen molar-refractivity contribution in [3.8, 4) is 0 Å². The van der Waals surface area contributed by atoms with Crippen molar-refractivity contribution >= 4 is 12.9 Å². The van der Waals surface area contributed by atoms with Gasteiger partial charge in [-0.25, -0.2) is 0 Å². The Morgan fingerprint density at radius 3 is 2.60 bits per heavy atom. The molecule has 0 aromatic heterocycles. The molecule has 0 spiro atoms. The Hall–Kier alpha value is 0.921. The van der Waals surface area contributed by atoms with Crippen molar-refractivity contribution in [1.29, 1.82) is 0 Å². The normalized spacial score (nSPS) is 22.3. The summed E-state index contributed by atoms with van der Waals surface area (Å²) in [4.78, 5) is 12.4. The van der Waals surface area contributed by atoms with Crippen LogP contribution < -0.4 is 56.7 Å². The van der Waals surface area contributed by atoms with Gasteiger partial charge < -0.3 is 23.2 Å². The summed E-state index contributed by atoms with van der Waals surface area (Å²) in [6.07, 6.45) is -0.334. The van der Waals surface area contributed by atoms with Crippen molar-refractivity contribution in [2.24, 2.45) is 5.92 Å². The molecule has 1 atom stereocenters. The second-order valence-electron chi connectivity index (χ2n) is 3.57. The van der Waals surface area contributed by atoms with Gasteiger partial charge in [0, 0.05) is 13.6 Å². The van der Waals surface area contributed by atoms with E-state index in [0.29, 0.717) is 13.0 Å². The summed E-state index contributed by atoms with van der Waals surface area (Å²) in [6, 6.07) is 0. The van der Waals surface area contributed by atoms with Crippen LogP contribution in [0.3, 0.4) is 0 Å². The topological polar surface area (TPSA) is 32.3 Å². The fourth-order valence-corrected chi connectivity index (χ4v) is 1.71. The molecule has 0 saturated carbocycles. The average Bonchev–Trinajstić information content (AvgIpc) is 2.48. The Labute approximate surface area is 130 Å². The van der Waals surface area contributed by atoms with Gasteiger partial charge in [-0.1, -0.05) is 0 Å². The monoisotopic (exact) mass is 248 g/mol. The third-order valence-corrected chi connectivity index (χ3v) is 2.35. The maximum atomic E-state index is 12.0. The molecule has 0 aliphatic carbocycles. The molecule has 0 radical (unpaired) electrons. The van der Waals surface area contributed by atoms with Gasteiger partial charge in [0.15, 0.2) is 0 Å². The van der Waals surface area contributed by atoms with E-state index >= 15 is 0 Å². The van der Waals surface area contributed by atoms with Gasteiger partial charge in [-0.3, -0.25) is 4.79 Å². The van der Waals surface area contributed by atoms with Crippen LogP contribution in [-0.2, 0) is 4.79 Å². The first-order valence-corrected chi connectivity index (χ1v) is 4.57. The molecule has 1 saturated heterocycles. The van der Waals surface area contributed by atoms with Crippen LogP contribution in [0.2, 0.25) is 0 Å². The number of carbonyl (C=O) groups excluding carboxylic acids is 1. The quantitative estimate of drug-likeness (QED) is 0.557. The molecule has 0 bridgehead atoms. The molecule has 1 aliphatic rings. The Morgan fingerprint density at radius 1 is 1.53 bits per heavy atom. The fraction of sp³-hybridized carbons (Fsp3) is 0.857. The first kappa shape index (κ1) is 15.9. The van der Waals surface area contributed by atoms with Gasteiger partial charge >= 0.3 is 58.4 Å². The van der Waals surface area contributed by atoms with Crippen LogP contribution in [0.1, 0.15) is 6.42 Å². The second-order valence-corrected chi connectivity index (χ2v) is 3.57. The largest absolute Gasteiger partial charge is 1.00 e. The molecule has 1 N–H and O–H groups in total. The maximum Gasteiger partial charge on any atom is 1.00 e. The van der Waals surface area contributed by atoms with Crippen molar-refractivity contribution < 1.29 is 69.1 Å². The molecule has 1 fully saturated rings. The zero-order valence-electron chi connectivity index (χ0n) is 8.97. The van der Waals surface area contributed by atoms with E-state index in [1.54, 1.807) is 0 Å². The zero-order valence-corrected chi connectivity index (χ0v) is 12.1. The third-order valence-electron chi connectivity index (χ3n) is 2.35. The standard InChI is InChI=1S/C7H13BF3N2O.K/c1-12-7(14)6-2-3-13(4-6)5-8(9,10)11;/h6H,2-5H2,1H3,(H,12,14);/q-1;+1. The van der Waals surface area contributed by atoms with E-state index in [1.165, 1.54) is 11.9 Å². The van der Waals surface area contributed by atoms with Gasteiger partial charge in [-0.05, 0) is 19.4 Å². The van der Waals surface area contributed by atoms with Crippen molar-refractivity contribution in [1.82, 2.24) is 10.2 Å². The molecule has 8 heteroatoms. The van der Waals surface area contributed by atoms with Crippen molar-refractivity contribution in [2.75, 3.05) is 26.6 Å². The molecule has 0 aromatic rings. The van der Waals surface area contributed by atoms with Crippen LogP contribution in [-0.4, -0.2) is 44.4 Å². The van der Waals surface area contributed by atoms with Crippen LogP contribution in [0, 0.1) is 5.92 Å². The third kappa shape index (κ3) is 5.69. The molecule has 82 valence electrons. The first-order chi connectivity index (χ1) is 6.42. The van der Waals surface area contributed by atoms with Crippen LogP contribution in [0.5, 0.6) is 0 Å². The Kier molecular flexibility index (Phi) is 7.01. The summed E-state index contributed by atoms with van der Waals surface area (Å²) < 4.78 is 36.1. The van der Waals surface area contributed by atoms with E-state index in [9.17, 15) is 17.7 Å². The zero-order chi connectivity index (χ0) is 10.8. The van der Waals surface area contributed by atoms with E-state index < -0.39 is 13.4 Å². The van der Waals surface area contributed by atoms with Gasteiger partial charge in [0.05, 0.1) is 5.92 Å². The fourth-order valence-electron chi connectivity index (χ4n) is 1.71. The van der Waals surface area contributed by atoms with Gasteiger partial charge in [-0.2, -0.15) is 0 Å². The Balaban J connectivity index is 0.00000196. The molecule has 0 aromatic carbocycles. The van der Waals surface area contributed by atoms with Gasteiger partial charge in [0.2, 0.25) is 5.91 Å². The molecule has 1 rings (SSSR count). The van der Waals surface area contributed by atoms with Gasteiger partial charge in [-0.15, -0.1) is 0 Å². The number of hydrogen-bond donors (Lipinski definition) is 1. The van der Waals surface area contributed by atoms with E-state index in [-0.39, 0.29) is 69.8 Å². The smallest absolute Gasteiger partial charge is 0.448 e. The first-order valence-electron chi connectivity index (χ1n) is 4.57. The van der Waals surface area contributed by atoms with Crippen LogP contribution in [0.4, 0.5) is 12.9 Å². The summed E-state index contributed by atoms with van der Waals surface area (Å²) >= 11 is 0.